The van der Waals surface area contributed by atoms with Gasteiger partial charge in [0.2, 0.25) is 0 Å². The Balaban J connectivity index is 1.47. The van der Waals surface area contributed by atoms with Gasteiger partial charge in [-0.3, -0.25) is 0 Å². The molecule has 0 saturated heterocycles. The third-order valence-electron chi connectivity index (χ3n) is 15.7. The van der Waals surface area contributed by atoms with Crippen molar-refractivity contribution in [3.63, 3.8) is 0 Å². The van der Waals surface area contributed by atoms with E-state index in [4.69, 9.17) is 12.6 Å². The van der Waals surface area contributed by atoms with Crippen molar-refractivity contribution in [3.05, 3.63) is 181 Å². The average Bonchev–Trinajstić information content (AvgIpc) is 1.48. The van der Waals surface area contributed by atoms with Crippen LogP contribution < -0.4 is 4.90 Å². The third kappa shape index (κ3) is 6.50. The Morgan fingerprint density at radius 1 is 0.449 bits per heavy atom. The van der Waals surface area contributed by atoms with Crippen LogP contribution in [-0.2, 0) is 5.41 Å². The molecule has 0 atom stereocenters. The quantitative estimate of drug-likeness (QED) is 0.171. The molecule has 1 aliphatic carbocycles. The first-order valence-electron chi connectivity index (χ1n) is 32.3. The van der Waals surface area contributed by atoms with Gasteiger partial charge >= 0.3 is 0 Å². The molecule has 9 aromatic rings. The summed E-state index contributed by atoms with van der Waals surface area (Å²) in [7, 11) is 0. The number of hydrogen-bond acceptors (Lipinski definition) is 2. The normalized spacial score (nSPS) is 16.9. The van der Waals surface area contributed by atoms with E-state index < -0.39 is 82.7 Å². The van der Waals surface area contributed by atoms with Crippen LogP contribution in [0, 0.1) is 93.9 Å². The van der Waals surface area contributed by atoms with Crippen molar-refractivity contribution in [1.29, 1.82) is 0 Å². The number of furan rings is 1. The van der Waals surface area contributed by atoms with E-state index in [1.807, 2.05) is 0 Å². The molecule has 8 aromatic carbocycles. The van der Waals surface area contributed by atoms with E-state index in [2.05, 4.69) is 69.2 Å². The van der Waals surface area contributed by atoms with Crippen molar-refractivity contribution in [2.45, 2.75) is 130 Å². The van der Waals surface area contributed by atoms with Crippen molar-refractivity contribution in [3.8, 4) is 33.4 Å². The number of nitrogens with zero attached hydrogens (tertiary/aromatic N) is 1. The van der Waals surface area contributed by atoms with Crippen LogP contribution in [0.2, 0.25) is 0 Å². The van der Waals surface area contributed by atoms with Crippen LogP contribution in [-0.4, -0.2) is 0 Å². The van der Waals surface area contributed by atoms with Crippen LogP contribution in [0.25, 0.3) is 66.1 Å². The lowest BCUT2D eigenvalue weighted by Gasteiger charge is -2.54. The lowest BCUT2D eigenvalue weighted by molar-refractivity contribution is 0.0944. The topological polar surface area (TPSA) is 16.4 Å². The van der Waals surface area contributed by atoms with Gasteiger partial charge in [0.1, 0.15) is 11.2 Å². The van der Waals surface area contributed by atoms with E-state index in [1.165, 1.54) is 4.90 Å². The van der Waals surface area contributed by atoms with Crippen molar-refractivity contribution in [2.24, 2.45) is 10.8 Å². The highest BCUT2D eigenvalue weighted by Gasteiger charge is 2.59. The number of anilines is 3. The zero-order chi connectivity index (χ0) is 64.3. The van der Waals surface area contributed by atoms with Gasteiger partial charge in [0, 0.05) is 44.7 Å². The van der Waals surface area contributed by atoms with Crippen LogP contribution >= 0.6 is 0 Å². The minimum atomic E-state index is -1.01. The van der Waals surface area contributed by atoms with Gasteiger partial charge in [-0.1, -0.05) is 102 Å². The van der Waals surface area contributed by atoms with Crippen molar-refractivity contribution in [2.75, 3.05) is 4.90 Å². The summed E-state index contributed by atoms with van der Waals surface area (Å²) >= 11 is 0. The summed E-state index contributed by atoms with van der Waals surface area (Å²) in [4.78, 5) is 1.48. The summed E-state index contributed by atoms with van der Waals surface area (Å²) in [5.41, 5.74) is 7.48. The second-order valence-corrected chi connectivity index (χ2v) is 21.5. The molecular weight excluding hydrogens is 835 g/mol. The van der Waals surface area contributed by atoms with Gasteiger partial charge < -0.3 is 9.32 Å². The van der Waals surface area contributed by atoms with Crippen LogP contribution in [0.4, 0.5) is 17.1 Å². The molecule has 0 saturated carbocycles. The summed E-state index contributed by atoms with van der Waals surface area (Å²) in [6, 6.07) is -6.61. The largest absolute Gasteiger partial charge is 0.455 e. The minimum absolute atomic E-state index is 0.0379. The molecular formula is C67H71NO. The molecule has 0 aliphatic heterocycles. The molecule has 350 valence electrons. The molecule has 0 bridgehead atoms. The van der Waals surface area contributed by atoms with E-state index >= 15 is 0 Å². The summed E-state index contributed by atoms with van der Waals surface area (Å²) < 4.78 is 170. The first kappa shape index (κ1) is 30.3. The van der Waals surface area contributed by atoms with Crippen molar-refractivity contribution in [1.82, 2.24) is 0 Å². The molecule has 2 nitrogen and oxygen atoms in total. The molecule has 0 unspecified atom stereocenters. The highest BCUT2D eigenvalue weighted by atomic mass is 16.3. The second-order valence-electron chi connectivity index (χ2n) is 21.5. The molecule has 2 heteroatoms. The first-order chi connectivity index (χ1) is 39.6. The highest BCUT2D eigenvalue weighted by molar-refractivity contribution is 6.21. The number of fused-ring (bicyclic) bond motifs is 8. The Labute approximate surface area is 436 Å². The van der Waals surface area contributed by atoms with Gasteiger partial charge in [0.05, 0.1) is 23.3 Å². The summed E-state index contributed by atoms with van der Waals surface area (Å²) in [6.07, 6.45) is 0. The van der Waals surface area contributed by atoms with Crippen molar-refractivity contribution >= 4 is 49.8 Å². The number of aryl methyl sites for hydroxylation is 2. The smallest absolute Gasteiger partial charge is 0.143 e. The molecule has 1 aliphatic rings. The lowest BCUT2D eigenvalue weighted by atomic mass is 9.49. The SMILES string of the molecule is [2H]c1c([2H])c([2H])c(-c2c([2H])c3c(oc4c([2H])c(N(c5c([2H])c6c(c([2H])c5C)-c5c(C)c(C)c(C)c(C)c5C6(C(C)(C)C)C(C)(C)C)c5c([2H])c(C)c(-c6c([2H])c([2H])c([2H])c([2H])c6C)c(C)c5C)c([2H])c([2H])c43)c3c(C)c([2H])c(C)c(C)c23)c([2H])c1[2H]. The molecule has 10 rings (SSSR count). The average molecular weight is 923 g/mol. The molecule has 0 amide bonds. The molecule has 69 heavy (non-hydrogen) atoms. The number of benzene rings is 8. The first-order valence-corrected chi connectivity index (χ1v) is 23.8. The van der Waals surface area contributed by atoms with Crippen LogP contribution in [0.15, 0.2) is 107 Å². The standard InChI is InChI=1S/C67H71NO/c1-36-24-22-23-27-50(36)59-40(5)32-57(44(9)46(59)11)68(56-35-55-54(31-38(56)3)62-45(10)42(7)43(8)47(12)63(62)67(55,65(13,14)15)66(16,17)18)49-28-29-51-53-34-52(48-25-20-19-21-26-48)61-41(6)37(2)30-39(4)60(61)64(53)69-58(51)33-49/h19-35H,1-18H3/i19D,20D,21D,22D,23D,24D,25D,26D,27D,28D,29D,30D,31D,32D,33D,34D,35D. The van der Waals surface area contributed by atoms with Gasteiger partial charge in [0.15, 0.2) is 0 Å². The molecule has 1 aromatic heterocycles. The summed E-state index contributed by atoms with van der Waals surface area (Å²) in [6.45, 7) is 34.8. The number of rotatable bonds is 5. The Morgan fingerprint density at radius 2 is 1.09 bits per heavy atom. The maximum absolute atomic E-state index is 11.1. The Morgan fingerprint density at radius 3 is 1.77 bits per heavy atom. The van der Waals surface area contributed by atoms with Crippen LogP contribution in [0.1, 0.15) is 143 Å². The maximum Gasteiger partial charge on any atom is 0.143 e. The van der Waals surface area contributed by atoms with Crippen molar-refractivity contribution < 1.29 is 27.7 Å². The summed E-state index contributed by atoms with van der Waals surface area (Å²) in [5.74, 6) is 0. The fourth-order valence-electron chi connectivity index (χ4n) is 12.3. The second kappa shape index (κ2) is 15.8. The van der Waals surface area contributed by atoms with Crippen LogP contribution in [0.5, 0.6) is 0 Å². The third-order valence-corrected chi connectivity index (χ3v) is 15.7. The maximum atomic E-state index is 11.1. The monoisotopic (exact) mass is 923 g/mol. The van der Waals surface area contributed by atoms with Crippen LogP contribution in [0.3, 0.4) is 0 Å². The molecule has 1 heterocycles. The van der Waals surface area contributed by atoms with E-state index in [0.717, 1.165) is 33.4 Å². The van der Waals surface area contributed by atoms with E-state index in [9.17, 15) is 15.1 Å². The van der Waals surface area contributed by atoms with Gasteiger partial charge in [-0.25, -0.2) is 0 Å². The van der Waals surface area contributed by atoms with Gasteiger partial charge in [-0.05, 0) is 247 Å². The zero-order valence-electron chi connectivity index (χ0n) is 60.4. The van der Waals surface area contributed by atoms with E-state index in [1.54, 1.807) is 55.4 Å². The number of hydrogen-bond donors (Lipinski definition) is 0. The fraction of sp³-hybridized carbons (Fsp3) is 0.313. The van der Waals surface area contributed by atoms with Gasteiger partial charge in [-0.15, -0.1) is 0 Å². The Kier molecular flexibility index (Phi) is 6.94. The Hall–Kier alpha value is -6.38. The zero-order valence-corrected chi connectivity index (χ0v) is 43.4. The predicted octanol–water partition coefficient (Wildman–Crippen LogP) is 19.6. The van der Waals surface area contributed by atoms with E-state index in [0.29, 0.717) is 44.5 Å². The predicted molar refractivity (Wildman–Crippen MR) is 299 cm³/mol. The molecule has 0 fully saturated rings. The lowest BCUT2D eigenvalue weighted by Crippen LogP contribution is -2.50. The molecule has 0 N–H and O–H groups in total. The minimum Gasteiger partial charge on any atom is -0.455 e. The molecule has 0 radical (unpaired) electrons. The summed E-state index contributed by atoms with van der Waals surface area (Å²) in [5, 5.41) is 0.236. The van der Waals surface area contributed by atoms with Gasteiger partial charge in [-0.2, -0.15) is 0 Å². The Bertz CT molecular complexity index is 4550. The highest BCUT2D eigenvalue weighted by Crippen LogP contribution is 2.67. The fourth-order valence-corrected chi connectivity index (χ4v) is 12.3. The van der Waals surface area contributed by atoms with E-state index in [-0.39, 0.29) is 119 Å². The van der Waals surface area contributed by atoms with Gasteiger partial charge in [0.25, 0.3) is 0 Å². The molecule has 0 spiro atoms.